The van der Waals surface area contributed by atoms with E-state index >= 15 is 0 Å². The Morgan fingerprint density at radius 1 is 1.41 bits per heavy atom. The monoisotopic (exact) mass is 301 g/mol. The van der Waals surface area contributed by atoms with Crippen LogP contribution < -0.4 is 11.1 Å². The number of carbonyl (C=O) groups excluding carboxylic acids is 3. The molecule has 90 valence electrons. The molecular weight excluding hydrogens is 294 g/mol. The quantitative estimate of drug-likeness (QED) is 0.774. The molecule has 1 aromatic rings. The van der Waals surface area contributed by atoms with E-state index in [0.717, 1.165) is 0 Å². The summed E-state index contributed by atoms with van der Waals surface area (Å²) in [6.07, 6.45) is 2.79. The number of ether oxygens (including phenoxy) is 1. The van der Waals surface area contributed by atoms with Crippen molar-refractivity contribution in [2.45, 2.75) is 0 Å². The van der Waals surface area contributed by atoms with Crippen LogP contribution in [0.2, 0.25) is 0 Å². The van der Waals surface area contributed by atoms with Crippen LogP contribution in [0, 0.1) is 0 Å². The molecule has 0 unspecified atom stereocenters. The van der Waals surface area contributed by atoms with Gasteiger partial charge < -0.3 is 10.5 Å². The van der Waals surface area contributed by atoms with Crippen LogP contribution >= 0.6 is 15.9 Å². The van der Waals surface area contributed by atoms with Crippen LogP contribution in [-0.4, -0.2) is 29.5 Å². The van der Waals surface area contributed by atoms with E-state index in [1.807, 2.05) is 0 Å². The van der Waals surface area contributed by atoms with Crippen LogP contribution in [0.5, 0.6) is 0 Å². The summed E-state index contributed by atoms with van der Waals surface area (Å²) >= 11 is 3.13. The smallest absolute Gasteiger partial charge is 0.340 e. The normalized spacial score (nSPS) is 9.47. The molecule has 17 heavy (non-hydrogen) atoms. The number of amides is 3. The second kappa shape index (κ2) is 5.94. The van der Waals surface area contributed by atoms with Gasteiger partial charge in [-0.15, -0.1) is 0 Å². The van der Waals surface area contributed by atoms with Crippen molar-refractivity contribution in [3.63, 3.8) is 0 Å². The standard InChI is InChI=1S/C9H8BrN3O4/c10-6-1-5(2-12-3-6)8(15)17-4-7(14)13-9(11)16/h1-3H,4H2,(H3,11,13,14,16). The Balaban J connectivity index is 2.50. The number of nitrogens with one attached hydrogen (secondary N) is 1. The highest BCUT2D eigenvalue weighted by atomic mass is 79.9. The lowest BCUT2D eigenvalue weighted by Gasteiger charge is -2.04. The molecule has 7 nitrogen and oxygen atoms in total. The van der Waals surface area contributed by atoms with Gasteiger partial charge in [-0.1, -0.05) is 0 Å². The number of aromatic nitrogens is 1. The minimum atomic E-state index is -1.00. The number of nitrogens with two attached hydrogens (primary N) is 1. The Hall–Kier alpha value is -1.96. The van der Waals surface area contributed by atoms with Crippen molar-refractivity contribution in [2.75, 3.05) is 6.61 Å². The third-order valence-corrected chi connectivity index (χ3v) is 1.97. The Kier molecular flexibility index (Phi) is 4.58. The molecule has 0 bridgehead atoms. The molecule has 1 rings (SSSR count). The lowest BCUT2D eigenvalue weighted by atomic mass is 10.3. The topological polar surface area (TPSA) is 111 Å². The zero-order chi connectivity index (χ0) is 12.8. The largest absolute Gasteiger partial charge is 0.452 e. The van der Waals surface area contributed by atoms with Crippen LogP contribution in [0.4, 0.5) is 4.79 Å². The molecule has 0 aliphatic heterocycles. The molecule has 0 aliphatic rings. The van der Waals surface area contributed by atoms with Gasteiger partial charge in [0.15, 0.2) is 6.61 Å². The maximum atomic E-state index is 11.4. The lowest BCUT2D eigenvalue weighted by molar-refractivity contribution is -0.123. The minimum absolute atomic E-state index is 0.186. The van der Waals surface area contributed by atoms with Crippen molar-refractivity contribution in [3.8, 4) is 0 Å². The number of urea groups is 1. The molecule has 3 amide bonds. The second-order valence-corrected chi connectivity index (χ2v) is 3.80. The number of rotatable bonds is 3. The fraction of sp³-hybridized carbons (Fsp3) is 0.111. The highest BCUT2D eigenvalue weighted by molar-refractivity contribution is 9.10. The molecule has 0 saturated carbocycles. The molecule has 0 spiro atoms. The molecule has 3 N–H and O–H groups in total. The van der Waals surface area contributed by atoms with Gasteiger partial charge in [-0.25, -0.2) is 9.59 Å². The number of esters is 1. The predicted octanol–water partition coefficient (Wildman–Crippen LogP) is 0.196. The summed E-state index contributed by atoms with van der Waals surface area (Å²) in [4.78, 5) is 36.4. The second-order valence-electron chi connectivity index (χ2n) is 2.88. The van der Waals surface area contributed by atoms with Gasteiger partial charge in [0.2, 0.25) is 0 Å². The lowest BCUT2D eigenvalue weighted by Crippen LogP contribution is -2.37. The van der Waals surface area contributed by atoms with Gasteiger partial charge in [0.1, 0.15) is 0 Å². The molecule has 0 radical (unpaired) electrons. The Bertz CT molecular complexity index is 463. The van der Waals surface area contributed by atoms with Gasteiger partial charge in [0.25, 0.3) is 5.91 Å². The van der Waals surface area contributed by atoms with E-state index in [-0.39, 0.29) is 5.56 Å². The first-order valence-corrected chi connectivity index (χ1v) is 5.15. The predicted molar refractivity (Wildman–Crippen MR) is 59.9 cm³/mol. The van der Waals surface area contributed by atoms with Crippen molar-refractivity contribution in [3.05, 3.63) is 28.5 Å². The summed E-state index contributed by atoms with van der Waals surface area (Å²) in [6, 6.07) is 0.483. The van der Waals surface area contributed by atoms with Crippen LogP contribution in [-0.2, 0) is 9.53 Å². The van der Waals surface area contributed by atoms with Crippen LogP contribution in [0.25, 0.3) is 0 Å². The Morgan fingerprint density at radius 3 is 2.71 bits per heavy atom. The van der Waals surface area contributed by atoms with E-state index in [4.69, 9.17) is 5.73 Å². The van der Waals surface area contributed by atoms with E-state index in [1.54, 1.807) is 5.32 Å². The SMILES string of the molecule is NC(=O)NC(=O)COC(=O)c1cncc(Br)c1. The van der Waals surface area contributed by atoms with Crippen molar-refractivity contribution in [2.24, 2.45) is 5.73 Å². The molecule has 0 aromatic carbocycles. The fourth-order valence-electron chi connectivity index (χ4n) is 0.911. The number of pyridine rings is 1. The third kappa shape index (κ3) is 4.60. The van der Waals surface area contributed by atoms with Gasteiger partial charge in [0, 0.05) is 16.9 Å². The van der Waals surface area contributed by atoms with Crippen molar-refractivity contribution in [1.82, 2.24) is 10.3 Å². The van der Waals surface area contributed by atoms with Gasteiger partial charge in [-0.2, -0.15) is 0 Å². The van der Waals surface area contributed by atoms with E-state index in [1.165, 1.54) is 18.5 Å². The number of hydrogen-bond donors (Lipinski definition) is 2. The molecular formula is C9H8BrN3O4. The van der Waals surface area contributed by atoms with E-state index in [9.17, 15) is 14.4 Å². The van der Waals surface area contributed by atoms with Crippen LogP contribution in [0.1, 0.15) is 10.4 Å². The number of carbonyl (C=O) groups is 3. The van der Waals surface area contributed by atoms with Crippen molar-refractivity contribution in [1.29, 1.82) is 0 Å². The molecule has 0 saturated heterocycles. The maximum absolute atomic E-state index is 11.4. The zero-order valence-electron chi connectivity index (χ0n) is 8.47. The first-order valence-electron chi connectivity index (χ1n) is 4.36. The van der Waals surface area contributed by atoms with Gasteiger partial charge in [0.05, 0.1) is 5.56 Å². The average Bonchev–Trinajstić information content (AvgIpc) is 2.25. The summed E-state index contributed by atoms with van der Waals surface area (Å²) in [5.74, 6) is -1.52. The van der Waals surface area contributed by atoms with Crippen molar-refractivity contribution < 1.29 is 19.1 Å². The molecule has 0 atom stereocenters. The average molecular weight is 302 g/mol. The van der Waals surface area contributed by atoms with E-state index in [2.05, 4.69) is 25.7 Å². The maximum Gasteiger partial charge on any atom is 0.340 e. The van der Waals surface area contributed by atoms with Crippen LogP contribution in [0.3, 0.4) is 0 Å². The summed E-state index contributed by atoms with van der Waals surface area (Å²) in [7, 11) is 0. The number of primary amides is 1. The highest BCUT2D eigenvalue weighted by Gasteiger charge is 2.11. The number of nitrogens with zero attached hydrogens (tertiary/aromatic N) is 1. The number of hydrogen-bond acceptors (Lipinski definition) is 5. The van der Waals surface area contributed by atoms with Crippen LogP contribution in [0.15, 0.2) is 22.9 Å². The molecule has 0 fully saturated rings. The van der Waals surface area contributed by atoms with Crippen molar-refractivity contribution >= 4 is 33.8 Å². The Labute approximate surface area is 104 Å². The third-order valence-electron chi connectivity index (χ3n) is 1.54. The van der Waals surface area contributed by atoms with Gasteiger partial charge in [-0.3, -0.25) is 15.1 Å². The molecule has 8 heteroatoms. The summed E-state index contributed by atoms with van der Waals surface area (Å²) < 4.78 is 5.23. The van der Waals surface area contributed by atoms with Gasteiger partial charge >= 0.3 is 12.0 Å². The molecule has 1 heterocycles. The fourth-order valence-corrected chi connectivity index (χ4v) is 1.28. The van der Waals surface area contributed by atoms with Gasteiger partial charge in [-0.05, 0) is 22.0 Å². The molecule has 0 aliphatic carbocycles. The highest BCUT2D eigenvalue weighted by Crippen LogP contribution is 2.10. The zero-order valence-corrected chi connectivity index (χ0v) is 10.1. The Morgan fingerprint density at radius 2 is 2.12 bits per heavy atom. The first-order chi connectivity index (χ1) is 7.99. The molecule has 1 aromatic heterocycles. The summed E-state index contributed by atoms with van der Waals surface area (Å²) in [5.41, 5.74) is 4.89. The first kappa shape index (κ1) is 13.1. The minimum Gasteiger partial charge on any atom is -0.452 e. The number of imide groups is 1. The number of halogens is 1. The van der Waals surface area contributed by atoms with E-state index in [0.29, 0.717) is 4.47 Å². The van der Waals surface area contributed by atoms with E-state index < -0.39 is 24.5 Å². The summed E-state index contributed by atoms with van der Waals surface area (Å²) in [6.45, 7) is -0.589. The summed E-state index contributed by atoms with van der Waals surface area (Å²) in [5, 5.41) is 1.76.